The van der Waals surface area contributed by atoms with Gasteiger partial charge in [-0.25, -0.2) is 0 Å². The third-order valence-corrected chi connectivity index (χ3v) is 4.47. The number of nitrogens with zero attached hydrogens (tertiary/aromatic N) is 6. The number of tetrazole rings is 1. The summed E-state index contributed by atoms with van der Waals surface area (Å²) in [6.07, 6.45) is 0. The minimum Gasteiger partial charge on any atom is -0.494 e. The number of piperazine rings is 1. The molecule has 1 fully saturated rings. The van der Waals surface area contributed by atoms with Crippen LogP contribution < -0.4 is 4.74 Å². The number of ether oxygens (including phenoxy) is 1. The van der Waals surface area contributed by atoms with Crippen molar-refractivity contribution in [1.29, 1.82) is 0 Å². The summed E-state index contributed by atoms with van der Waals surface area (Å²) in [7, 11) is 0. The highest BCUT2D eigenvalue weighted by Crippen LogP contribution is 2.16. The molecule has 0 atom stereocenters. The van der Waals surface area contributed by atoms with Crippen LogP contribution in [0.5, 0.6) is 5.75 Å². The van der Waals surface area contributed by atoms with Crippen LogP contribution in [-0.2, 0) is 11.3 Å². The zero-order chi connectivity index (χ0) is 18.5. The molecule has 1 aliphatic rings. The molecule has 1 aliphatic heterocycles. The quantitative estimate of drug-likeness (QED) is 0.776. The van der Waals surface area contributed by atoms with Crippen molar-refractivity contribution < 1.29 is 9.53 Å². The van der Waals surface area contributed by atoms with E-state index in [1.54, 1.807) is 4.68 Å². The molecule has 0 aliphatic carbocycles. The highest BCUT2D eigenvalue weighted by molar-refractivity contribution is 5.78. The number of rotatable bonds is 6. The first-order valence-electron chi connectivity index (χ1n) is 9.10. The molecule has 8 nitrogen and oxygen atoms in total. The van der Waals surface area contributed by atoms with Crippen LogP contribution in [0.4, 0.5) is 0 Å². The van der Waals surface area contributed by atoms with Gasteiger partial charge in [0.1, 0.15) is 5.75 Å². The fourth-order valence-corrected chi connectivity index (χ4v) is 3.05. The molecule has 0 saturated carbocycles. The molecule has 1 saturated heterocycles. The van der Waals surface area contributed by atoms with Gasteiger partial charge in [-0.15, -0.1) is 5.10 Å². The first-order chi connectivity index (χ1) is 12.6. The van der Waals surface area contributed by atoms with Gasteiger partial charge in [-0.2, -0.15) is 4.68 Å². The molecule has 2 aromatic rings. The predicted octanol–water partition coefficient (Wildman–Crippen LogP) is 1.36. The van der Waals surface area contributed by atoms with Gasteiger partial charge < -0.3 is 9.64 Å². The molecular weight excluding hydrogens is 332 g/mol. The van der Waals surface area contributed by atoms with Gasteiger partial charge in [0.25, 0.3) is 0 Å². The second-order valence-electron chi connectivity index (χ2n) is 6.69. The van der Waals surface area contributed by atoms with Crippen molar-refractivity contribution in [1.82, 2.24) is 30.0 Å². The molecule has 1 aromatic heterocycles. The third kappa shape index (κ3) is 4.19. The molecule has 0 N–H and O–H groups in total. The van der Waals surface area contributed by atoms with Crippen LogP contribution in [0.25, 0.3) is 5.69 Å². The lowest BCUT2D eigenvalue weighted by molar-refractivity contribution is -0.136. The van der Waals surface area contributed by atoms with Crippen LogP contribution in [0.1, 0.15) is 26.6 Å². The summed E-state index contributed by atoms with van der Waals surface area (Å²) in [5.41, 5.74) is 0.905. The largest absolute Gasteiger partial charge is 0.494 e. The van der Waals surface area contributed by atoms with Crippen molar-refractivity contribution in [3.8, 4) is 11.4 Å². The second kappa shape index (κ2) is 8.27. The monoisotopic (exact) mass is 358 g/mol. The highest BCUT2D eigenvalue weighted by Gasteiger charge is 2.24. The highest BCUT2D eigenvalue weighted by atomic mass is 16.5. The fraction of sp³-hybridized carbons (Fsp3) is 0.556. The lowest BCUT2D eigenvalue weighted by atomic mass is 10.1. The topological polar surface area (TPSA) is 76.4 Å². The number of benzene rings is 1. The van der Waals surface area contributed by atoms with Crippen LogP contribution in [0, 0.1) is 5.92 Å². The number of hydrogen-bond donors (Lipinski definition) is 0. The molecule has 140 valence electrons. The van der Waals surface area contributed by atoms with E-state index in [1.807, 2.05) is 49.9 Å². The van der Waals surface area contributed by atoms with Crippen LogP contribution >= 0.6 is 0 Å². The SMILES string of the molecule is CCOc1ccc(-n2nnnc2CN2CCN(C(=O)C(C)C)CC2)cc1. The minimum atomic E-state index is 0.0495. The van der Waals surface area contributed by atoms with Crippen LogP contribution in [0.3, 0.4) is 0 Å². The standard InChI is InChI=1S/C18H26N6O2/c1-4-26-16-7-5-15(6-8-16)24-17(19-20-21-24)13-22-9-11-23(12-10-22)18(25)14(2)3/h5-8,14H,4,9-13H2,1-3H3. The van der Waals surface area contributed by atoms with Crippen molar-refractivity contribution in [2.45, 2.75) is 27.3 Å². The Balaban J connectivity index is 1.62. The van der Waals surface area contributed by atoms with Gasteiger partial charge in [-0.05, 0) is 41.6 Å². The van der Waals surface area contributed by atoms with Crippen LogP contribution in [-0.4, -0.2) is 68.7 Å². The summed E-state index contributed by atoms with van der Waals surface area (Å²) in [6.45, 7) is 10.3. The van der Waals surface area contributed by atoms with Crippen LogP contribution in [0.15, 0.2) is 24.3 Å². The molecule has 26 heavy (non-hydrogen) atoms. The van der Waals surface area contributed by atoms with E-state index in [-0.39, 0.29) is 11.8 Å². The average molecular weight is 358 g/mol. The molecule has 2 heterocycles. The van der Waals surface area contributed by atoms with Gasteiger partial charge in [-0.3, -0.25) is 9.69 Å². The zero-order valence-electron chi connectivity index (χ0n) is 15.6. The molecule has 1 amide bonds. The van der Waals surface area contributed by atoms with Crippen molar-refractivity contribution in [3.63, 3.8) is 0 Å². The van der Waals surface area contributed by atoms with E-state index in [0.717, 1.165) is 43.4 Å². The van der Waals surface area contributed by atoms with Gasteiger partial charge in [-0.1, -0.05) is 13.8 Å². The molecule has 0 bridgehead atoms. The number of aromatic nitrogens is 4. The summed E-state index contributed by atoms with van der Waals surface area (Å²) >= 11 is 0. The smallest absolute Gasteiger partial charge is 0.225 e. The van der Waals surface area contributed by atoms with E-state index < -0.39 is 0 Å². The number of amides is 1. The maximum Gasteiger partial charge on any atom is 0.225 e. The molecule has 3 rings (SSSR count). The van der Waals surface area contributed by atoms with Crippen LogP contribution in [0.2, 0.25) is 0 Å². The summed E-state index contributed by atoms with van der Waals surface area (Å²) < 4.78 is 7.23. The summed E-state index contributed by atoms with van der Waals surface area (Å²) in [4.78, 5) is 16.3. The lowest BCUT2D eigenvalue weighted by Crippen LogP contribution is -2.49. The lowest BCUT2D eigenvalue weighted by Gasteiger charge is -2.35. The maximum atomic E-state index is 12.1. The Bertz CT molecular complexity index is 720. The Kier molecular flexibility index (Phi) is 5.82. The zero-order valence-corrected chi connectivity index (χ0v) is 15.6. The van der Waals surface area contributed by atoms with E-state index in [9.17, 15) is 4.79 Å². The molecule has 0 unspecified atom stereocenters. The number of carbonyl (C=O) groups is 1. The predicted molar refractivity (Wildman–Crippen MR) is 97.0 cm³/mol. The first kappa shape index (κ1) is 18.3. The molecule has 8 heteroatoms. The van der Waals surface area contributed by atoms with E-state index in [4.69, 9.17) is 4.74 Å². The Morgan fingerprint density at radius 1 is 1.15 bits per heavy atom. The average Bonchev–Trinajstić information content (AvgIpc) is 3.11. The molecular formula is C18H26N6O2. The van der Waals surface area contributed by atoms with Gasteiger partial charge in [0, 0.05) is 32.1 Å². The Morgan fingerprint density at radius 2 is 1.85 bits per heavy atom. The van der Waals surface area contributed by atoms with E-state index in [1.165, 1.54) is 0 Å². The minimum absolute atomic E-state index is 0.0495. The van der Waals surface area contributed by atoms with E-state index in [0.29, 0.717) is 13.2 Å². The fourth-order valence-electron chi connectivity index (χ4n) is 3.05. The molecule has 0 radical (unpaired) electrons. The maximum absolute atomic E-state index is 12.1. The summed E-state index contributed by atoms with van der Waals surface area (Å²) in [5, 5.41) is 12.1. The van der Waals surface area contributed by atoms with Crippen molar-refractivity contribution in [2.24, 2.45) is 5.92 Å². The Hall–Kier alpha value is -2.48. The molecule has 1 aromatic carbocycles. The van der Waals surface area contributed by atoms with Gasteiger partial charge in [0.05, 0.1) is 18.8 Å². The first-order valence-corrected chi connectivity index (χ1v) is 9.10. The summed E-state index contributed by atoms with van der Waals surface area (Å²) in [6, 6.07) is 7.73. The van der Waals surface area contributed by atoms with E-state index in [2.05, 4.69) is 20.4 Å². The number of hydrogen-bond acceptors (Lipinski definition) is 6. The Labute approximate surface area is 153 Å². The summed E-state index contributed by atoms with van der Waals surface area (Å²) in [5.74, 6) is 1.90. The Morgan fingerprint density at radius 3 is 2.46 bits per heavy atom. The van der Waals surface area contributed by atoms with Gasteiger partial charge >= 0.3 is 0 Å². The normalized spacial score (nSPS) is 15.5. The number of carbonyl (C=O) groups excluding carboxylic acids is 1. The van der Waals surface area contributed by atoms with Crippen molar-refractivity contribution >= 4 is 5.91 Å². The second-order valence-corrected chi connectivity index (χ2v) is 6.69. The third-order valence-electron chi connectivity index (χ3n) is 4.47. The van der Waals surface area contributed by atoms with E-state index >= 15 is 0 Å². The van der Waals surface area contributed by atoms with Gasteiger partial charge in [0.2, 0.25) is 5.91 Å². The van der Waals surface area contributed by atoms with Gasteiger partial charge in [0.15, 0.2) is 5.82 Å². The molecule has 0 spiro atoms. The van der Waals surface area contributed by atoms with Crippen molar-refractivity contribution in [2.75, 3.05) is 32.8 Å². The van der Waals surface area contributed by atoms with Crippen molar-refractivity contribution in [3.05, 3.63) is 30.1 Å².